The molecule has 2 aromatic rings. The second kappa shape index (κ2) is 15.2. The summed E-state index contributed by atoms with van der Waals surface area (Å²) in [4.78, 5) is 40.3. The molecular formula is C43H62N4O6. The molecule has 2 aromatic carbocycles. The number of aliphatic hydroxyl groups excluding tert-OH is 1. The molecule has 3 heterocycles. The van der Waals surface area contributed by atoms with Gasteiger partial charge in [0.2, 0.25) is 5.78 Å². The zero-order chi connectivity index (χ0) is 39.3. The van der Waals surface area contributed by atoms with Crippen molar-refractivity contribution in [1.29, 1.82) is 0 Å². The molecular weight excluding hydrogens is 668 g/mol. The minimum atomic E-state index is -1.17. The maximum atomic E-state index is 13.8. The Kier molecular flexibility index (Phi) is 11.6. The van der Waals surface area contributed by atoms with Gasteiger partial charge in [-0.25, -0.2) is 0 Å². The smallest absolute Gasteiger partial charge is 0.251 e. The molecule has 0 aromatic heterocycles. The van der Waals surface area contributed by atoms with E-state index in [1.807, 2.05) is 12.2 Å². The third kappa shape index (κ3) is 7.77. The first kappa shape index (κ1) is 40.4. The van der Waals surface area contributed by atoms with Gasteiger partial charge in [0.05, 0.1) is 22.4 Å². The number of nitrogens with one attached hydrogen (secondary N) is 1. The summed E-state index contributed by atoms with van der Waals surface area (Å²) in [5.41, 5.74) is -0.957. The molecule has 3 aliphatic rings. The van der Waals surface area contributed by atoms with Crippen molar-refractivity contribution in [3.05, 3.63) is 45.6 Å². The number of anilines is 1. The number of Topliss-reactive ketones (excluding diaryl/α,β-unsaturated/α-hetero) is 1. The van der Waals surface area contributed by atoms with Gasteiger partial charge in [-0.15, -0.1) is 0 Å². The lowest BCUT2D eigenvalue weighted by atomic mass is 9.77. The van der Waals surface area contributed by atoms with E-state index in [1.54, 1.807) is 33.8 Å². The molecule has 10 nitrogen and oxygen atoms in total. The van der Waals surface area contributed by atoms with Crippen LogP contribution in [-0.4, -0.2) is 68.9 Å². The first-order valence-corrected chi connectivity index (χ1v) is 19.5. The van der Waals surface area contributed by atoms with E-state index >= 15 is 0 Å². The van der Waals surface area contributed by atoms with Crippen LogP contribution in [0.2, 0.25) is 0 Å². The number of carbonyl (C=O) groups is 2. The van der Waals surface area contributed by atoms with Crippen LogP contribution in [0.4, 0.5) is 5.69 Å². The summed E-state index contributed by atoms with van der Waals surface area (Å²) in [6.45, 7) is 26.5. The van der Waals surface area contributed by atoms with Gasteiger partial charge in [-0.1, -0.05) is 73.6 Å². The Hall–Kier alpha value is -3.76. The quantitative estimate of drug-likeness (QED) is 0.105. The molecule has 0 unspecified atom stereocenters. The van der Waals surface area contributed by atoms with Gasteiger partial charge in [-0.3, -0.25) is 19.6 Å². The number of nitrogens with zero attached hydrogens (tertiary/aromatic N) is 3. The standard InChI is InChI=1S/C43H62N4O6/c1-22(2)21-47-18-16-43(17-19-47)45-33-30-31(37(49)29(10)39-32(30)40(51)42(11,12)53-39)38(50)35(34(33)46-43)44-41(52)25(6)15-13-14-24(5)20-26(7)36(48)28(9)27(8)23(3)4/h13-15,22-24,26-28,36,48-50H,16-21H2,1-12H3,(H,44,52)/b14-13+,25-15-/t24-,26+,27+,28-,36+/m0/s1. The van der Waals surface area contributed by atoms with Gasteiger partial charge in [0, 0.05) is 49.0 Å². The SMILES string of the molecule is C/C(=C/C=C/[C@H](C)C[C@@H](C)[C@@H](O)[C@@H](C)[C@H](C)C(C)C)C(=O)Nc1c(O)c2c(O)c(C)c3c(c2c2c1=NC1(CCN(CC(C)C)CC1)N=2)C(=O)C(C)(C)O3. The van der Waals surface area contributed by atoms with Gasteiger partial charge in [0.15, 0.2) is 17.0 Å². The van der Waals surface area contributed by atoms with Crippen LogP contribution >= 0.6 is 0 Å². The van der Waals surface area contributed by atoms with E-state index in [0.717, 1.165) is 26.1 Å². The monoisotopic (exact) mass is 730 g/mol. The van der Waals surface area contributed by atoms with Crippen molar-refractivity contribution in [1.82, 2.24) is 4.90 Å². The molecule has 1 amide bonds. The number of piperidine rings is 1. The fraction of sp³-hybridized carbons (Fsp3) is 0.628. The van der Waals surface area contributed by atoms with Crippen LogP contribution in [-0.2, 0) is 4.79 Å². The van der Waals surface area contributed by atoms with Crippen molar-refractivity contribution in [3.8, 4) is 17.2 Å². The normalized spacial score (nSPS) is 21.0. The number of ether oxygens (including phenoxy) is 1. The molecule has 0 saturated carbocycles. The van der Waals surface area contributed by atoms with Crippen LogP contribution in [0.3, 0.4) is 0 Å². The van der Waals surface area contributed by atoms with E-state index in [-0.39, 0.29) is 57.4 Å². The Morgan fingerprint density at radius 3 is 2.19 bits per heavy atom. The summed E-state index contributed by atoms with van der Waals surface area (Å²) < 4.78 is 6.09. The second-order valence-corrected chi connectivity index (χ2v) is 17.5. The first-order chi connectivity index (χ1) is 24.7. The lowest BCUT2D eigenvalue weighted by Crippen LogP contribution is -2.43. The minimum absolute atomic E-state index is 0.0435. The lowest BCUT2D eigenvalue weighted by Gasteiger charge is -2.36. The molecule has 1 fully saturated rings. The summed E-state index contributed by atoms with van der Waals surface area (Å²) in [6, 6.07) is 0. The summed E-state index contributed by atoms with van der Waals surface area (Å²) in [7, 11) is 0. The molecule has 290 valence electrons. The number of aromatic hydroxyl groups is 2. The molecule has 1 saturated heterocycles. The van der Waals surface area contributed by atoms with Gasteiger partial charge in [0.25, 0.3) is 5.91 Å². The topological polar surface area (TPSA) is 144 Å². The second-order valence-electron chi connectivity index (χ2n) is 17.5. The number of aliphatic hydroxyl groups is 1. The first-order valence-electron chi connectivity index (χ1n) is 19.5. The largest absolute Gasteiger partial charge is 0.507 e. The Labute approximate surface area is 315 Å². The Bertz CT molecular complexity index is 1950. The molecule has 0 bridgehead atoms. The molecule has 53 heavy (non-hydrogen) atoms. The molecule has 0 radical (unpaired) electrons. The average Bonchev–Trinajstić information content (AvgIpc) is 3.57. The van der Waals surface area contributed by atoms with Crippen LogP contribution in [0.1, 0.15) is 111 Å². The number of allylic oxidation sites excluding steroid dienone is 3. The highest BCUT2D eigenvalue weighted by atomic mass is 16.5. The highest BCUT2D eigenvalue weighted by Gasteiger charge is 2.45. The van der Waals surface area contributed by atoms with E-state index in [1.165, 1.54) is 0 Å². The van der Waals surface area contributed by atoms with Gasteiger partial charge < -0.3 is 30.3 Å². The summed E-state index contributed by atoms with van der Waals surface area (Å²) >= 11 is 0. The number of carbonyl (C=O) groups excluding carboxylic acids is 2. The molecule has 0 aliphatic carbocycles. The van der Waals surface area contributed by atoms with Crippen molar-refractivity contribution < 1.29 is 29.6 Å². The highest BCUT2D eigenvalue weighted by molar-refractivity contribution is 6.20. The van der Waals surface area contributed by atoms with Crippen molar-refractivity contribution >= 4 is 28.2 Å². The van der Waals surface area contributed by atoms with Crippen LogP contribution < -0.4 is 20.8 Å². The van der Waals surface area contributed by atoms with Gasteiger partial charge in [-0.05, 0) is 69.6 Å². The molecule has 5 atom stereocenters. The lowest BCUT2D eigenvalue weighted by molar-refractivity contribution is -0.112. The molecule has 5 rings (SSSR count). The fourth-order valence-electron chi connectivity index (χ4n) is 8.26. The highest BCUT2D eigenvalue weighted by Crippen LogP contribution is 2.49. The maximum Gasteiger partial charge on any atom is 0.251 e. The number of ketones is 1. The van der Waals surface area contributed by atoms with E-state index in [2.05, 4.69) is 65.6 Å². The van der Waals surface area contributed by atoms with E-state index in [0.29, 0.717) is 57.8 Å². The van der Waals surface area contributed by atoms with E-state index in [4.69, 9.17) is 14.7 Å². The number of hydrogen-bond donors (Lipinski definition) is 4. The van der Waals surface area contributed by atoms with Crippen LogP contribution in [0.25, 0.3) is 10.8 Å². The third-order valence-corrected chi connectivity index (χ3v) is 12.0. The summed E-state index contributed by atoms with van der Waals surface area (Å²) in [5.74, 6) is 0.867. The number of rotatable bonds is 12. The number of likely N-dealkylation sites (tertiary alicyclic amines) is 1. The fourth-order valence-corrected chi connectivity index (χ4v) is 8.26. The summed E-state index contributed by atoms with van der Waals surface area (Å²) in [6.07, 6.45) is 7.30. The van der Waals surface area contributed by atoms with Crippen molar-refractivity contribution in [2.45, 2.75) is 120 Å². The Morgan fingerprint density at radius 2 is 1.58 bits per heavy atom. The van der Waals surface area contributed by atoms with Gasteiger partial charge in [-0.2, -0.15) is 0 Å². The Balaban J connectivity index is 1.49. The third-order valence-electron chi connectivity index (χ3n) is 12.0. The zero-order valence-corrected chi connectivity index (χ0v) is 33.9. The van der Waals surface area contributed by atoms with E-state index in [9.17, 15) is 24.9 Å². The van der Waals surface area contributed by atoms with Gasteiger partial charge >= 0.3 is 0 Å². The maximum absolute atomic E-state index is 13.8. The molecule has 10 heteroatoms. The number of benzene rings is 2. The van der Waals surface area contributed by atoms with Crippen LogP contribution in [0.5, 0.6) is 17.2 Å². The number of fused-ring (bicyclic) bond motifs is 5. The predicted octanol–water partition coefficient (Wildman–Crippen LogP) is 7.01. The van der Waals surface area contributed by atoms with Gasteiger partial charge in [0.1, 0.15) is 22.5 Å². The van der Waals surface area contributed by atoms with E-state index < -0.39 is 23.3 Å². The van der Waals surface area contributed by atoms with Crippen LogP contribution in [0, 0.1) is 42.4 Å². The van der Waals surface area contributed by atoms with Crippen molar-refractivity contribution in [2.75, 3.05) is 25.0 Å². The number of phenols is 2. The number of hydrogen-bond acceptors (Lipinski definition) is 9. The number of amides is 1. The zero-order valence-electron chi connectivity index (χ0n) is 33.9. The average molecular weight is 731 g/mol. The summed E-state index contributed by atoms with van der Waals surface area (Å²) in [5, 5.41) is 38.4. The molecule has 1 spiro atoms. The van der Waals surface area contributed by atoms with Crippen LogP contribution in [0.15, 0.2) is 33.8 Å². The van der Waals surface area contributed by atoms with Crippen molar-refractivity contribution in [3.63, 3.8) is 0 Å². The number of phenolic OH excluding ortho intramolecular Hbond substituents is 2. The predicted molar refractivity (Wildman–Crippen MR) is 210 cm³/mol. The Morgan fingerprint density at radius 1 is 0.962 bits per heavy atom. The van der Waals surface area contributed by atoms with Crippen molar-refractivity contribution in [2.24, 2.45) is 45.5 Å². The molecule has 3 aliphatic heterocycles. The molecule has 4 N–H and O–H groups in total. The minimum Gasteiger partial charge on any atom is -0.507 e.